The highest BCUT2D eigenvalue weighted by Gasteiger charge is 2.37. The van der Waals surface area contributed by atoms with Crippen LogP contribution in [0.25, 0.3) is 0 Å². The monoisotopic (exact) mass is 247 g/mol. The number of carbonyl (C=O) groups is 1. The summed E-state index contributed by atoms with van der Waals surface area (Å²) in [6.07, 6.45) is 1.81. The summed E-state index contributed by atoms with van der Waals surface area (Å²) >= 11 is 0. The lowest BCUT2D eigenvalue weighted by Crippen LogP contribution is -2.30. The van der Waals surface area contributed by atoms with Gasteiger partial charge in [0.2, 0.25) is 0 Å². The van der Waals surface area contributed by atoms with Crippen molar-refractivity contribution in [3.05, 3.63) is 29.6 Å². The number of methoxy groups -OCH3 is 1. The van der Waals surface area contributed by atoms with Gasteiger partial charge in [0, 0.05) is 12.8 Å². The normalized spacial score (nSPS) is 18.2. The van der Waals surface area contributed by atoms with Crippen molar-refractivity contribution < 1.29 is 13.9 Å². The molecule has 1 saturated carbocycles. The molecule has 0 bridgehead atoms. The summed E-state index contributed by atoms with van der Waals surface area (Å²) in [5.41, 5.74) is 0.0466. The first-order valence-electron chi connectivity index (χ1n) is 5.88. The molecule has 2 rings (SSSR count). The Bertz CT molecular complexity index is 509. The number of nitrogens with zero attached hydrogens (tertiary/aromatic N) is 1. The maximum absolute atomic E-state index is 13.4. The minimum absolute atomic E-state index is 0.138. The van der Waals surface area contributed by atoms with Gasteiger partial charge >= 0.3 is 0 Å². The lowest BCUT2D eigenvalue weighted by molar-refractivity contribution is -0.120. The van der Waals surface area contributed by atoms with E-state index in [-0.39, 0.29) is 11.5 Å². The number of ether oxygens (including phenoxy) is 1. The molecule has 3 nitrogen and oxygen atoms in total. The van der Waals surface area contributed by atoms with Gasteiger partial charge in [0.15, 0.2) is 11.6 Å². The number of halogens is 1. The highest BCUT2D eigenvalue weighted by molar-refractivity contribution is 5.80. The number of hydrogen-bond acceptors (Lipinski definition) is 3. The van der Waals surface area contributed by atoms with E-state index in [9.17, 15) is 14.4 Å². The van der Waals surface area contributed by atoms with E-state index in [1.807, 2.05) is 0 Å². The molecule has 1 fully saturated rings. The molecule has 0 N–H and O–H groups in total. The summed E-state index contributed by atoms with van der Waals surface area (Å²) < 4.78 is 18.3. The minimum atomic E-state index is -0.686. The summed E-state index contributed by atoms with van der Waals surface area (Å²) in [5, 5.41) is 9.42. The van der Waals surface area contributed by atoms with Crippen molar-refractivity contribution in [2.45, 2.75) is 31.1 Å². The van der Waals surface area contributed by atoms with Gasteiger partial charge in [-0.05, 0) is 30.5 Å². The number of ketones is 1. The third-order valence-corrected chi connectivity index (χ3v) is 3.58. The predicted molar refractivity (Wildman–Crippen MR) is 63.7 cm³/mol. The minimum Gasteiger partial charge on any atom is -0.494 e. The van der Waals surface area contributed by atoms with Crippen molar-refractivity contribution in [3.8, 4) is 11.8 Å². The van der Waals surface area contributed by atoms with Crippen LogP contribution in [-0.4, -0.2) is 12.9 Å². The van der Waals surface area contributed by atoms with E-state index in [1.165, 1.54) is 13.2 Å². The Balaban J connectivity index is 2.39. The van der Waals surface area contributed by atoms with Crippen LogP contribution < -0.4 is 4.74 Å². The van der Waals surface area contributed by atoms with E-state index in [4.69, 9.17) is 4.74 Å². The standard InChI is InChI=1S/C14H14FNO2/c1-18-13-8-10(2-3-12(13)15)14(9-16)6-4-11(17)5-7-14/h2-3,8H,4-7H2,1H3. The number of Topliss-reactive ketones (excluding diaryl/α,β-unsaturated/α-hetero) is 1. The van der Waals surface area contributed by atoms with E-state index in [0.717, 1.165) is 5.56 Å². The topological polar surface area (TPSA) is 50.1 Å². The molecule has 0 atom stereocenters. The Kier molecular flexibility index (Phi) is 3.33. The molecule has 1 aliphatic carbocycles. The van der Waals surface area contributed by atoms with Crippen LogP contribution in [0.1, 0.15) is 31.2 Å². The van der Waals surface area contributed by atoms with Crippen molar-refractivity contribution in [2.75, 3.05) is 7.11 Å². The van der Waals surface area contributed by atoms with Crippen molar-refractivity contribution in [3.63, 3.8) is 0 Å². The van der Waals surface area contributed by atoms with Crippen LogP contribution in [0.15, 0.2) is 18.2 Å². The molecule has 0 unspecified atom stereocenters. The van der Waals surface area contributed by atoms with Crippen LogP contribution >= 0.6 is 0 Å². The van der Waals surface area contributed by atoms with Gasteiger partial charge in [0.25, 0.3) is 0 Å². The van der Waals surface area contributed by atoms with Crippen LogP contribution in [0, 0.1) is 17.1 Å². The average molecular weight is 247 g/mol. The summed E-state index contributed by atoms with van der Waals surface area (Å²) in [4.78, 5) is 11.3. The number of rotatable bonds is 2. The van der Waals surface area contributed by atoms with E-state index in [0.29, 0.717) is 25.7 Å². The smallest absolute Gasteiger partial charge is 0.165 e. The summed E-state index contributed by atoms with van der Waals surface area (Å²) in [6, 6.07) is 6.78. The lowest BCUT2D eigenvalue weighted by Gasteiger charge is -2.30. The molecule has 1 aliphatic rings. The van der Waals surface area contributed by atoms with Gasteiger partial charge in [-0.25, -0.2) is 4.39 Å². The molecule has 0 spiro atoms. The third kappa shape index (κ3) is 2.08. The molecular weight excluding hydrogens is 233 g/mol. The summed E-state index contributed by atoms with van der Waals surface area (Å²) in [5.74, 6) is -0.116. The summed E-state index contributed by atoms with van der Waals surface area (Å²) in [7, 11) is 1.39. The Hall–Kier alpha value is -1.89. The SMILES string of the molecule is COc1cc(C2(C#N)CCC(=O)CC2)ccc1F. The molecule has 0 aromatic heterocycles. The maximum atomic E-state index is 13.4. The van der Waals surface area contributed by atoms with Crippen molar-refractivity contribution in [2.24, 2.45) is 0 Å². The van der Waals surface area contributed by atoms with Crippen LogP contribution in [0.2, 0.25) is 0 Å². The van der Waals surface area contributed by atoms with Crippen molar-refractivity contribution >= 4 is 5.78 Å². The average Bonchev–Trinajstić information content (AvgIpc) is 2.41. The molecule has 94 valence electrons. The van der Waals surface area contributed by atoms with Crippen LogP contribution in [0.5, 0.6) is 5.75 Å². The number of nitriles is 1. The molecule has 0 heterocycles. The molecule has 1 aromatic carbocycles. The van der Waals surface area contributed by atoms with E-state index >= 15 is 0 Å². The van der Waals surface area contributed by atoms with Crippen molar-refractivity contribution in [1.29, 1.82) is 5.26 Å². The second-order valence-corrected chi connectivity index (χ2v) is 4.58. The zero-order chi connectivity index (χ0) is 13.2. The second-order valence-electron chi connectivity index (χ2n) is 4.58. The fourth-order valence-electron chi connectivity index (χ4n) is 2.38. The summed E-state index contributed by atoms with van der Waals surface area (Å²) in [6.45, 7) is 0. The van der Waals surface area contributed by atoms with E-state index in [2.05, 4.69) is 6.07 Å². The van der Waals surface area contributed by atoms with Gasteiger partial charge in [0.1, 0.15) is 5.78 Å². The highest BCUT2D eigenvalue weighted by Crippen LogP contribution is 2.39. The molecular formula is C14H14FNO2. The zero-order valence-corrected chi connectivity index (χ0v) is 10.2. The molecule has 18 heavy (non-hydrogen) atoms. The Labute approximate surface area is 105 Å². The molecule has 0 aliphatic heterocycles. The first kappa shape index (κ1) is 12.6. The maximum Gasteiger partial charge on any atom is 0.165 e. The first-order chi connectivity index (χ1) is 8.61. The Morgan fingerprint density at radius 1 is 1.39 bits per heavy atom. The van der Waals surface area contributed by atoms with Gasteiger partial charge in [-0.1, -0.05) is 6.07 Å². The van der Waals surface area contributed by atoms with Crippen molar-refractivity contribution in [1.82, 2.24) is 0 Å². The van der Waals surface area contributed by atoms with Gasteiger partial charge in [-0.2, -0.15) is 5.26 Å². The number of benzene rings is 1. The van der Waals surface area contributed by atoms with Crippen LogP contribution in [-0.2, 0) is 10.2 Å². The van der Waals surface area contributed by atoms with Gasteiger partial charge in [0.05, 0.1) is 18.6 Å². The van der Waals surface area contributed by atoms with Crippen LogP contribution in [0.4, 0.5) is 4.39 Å². The quantitative estimate of drug-likeness (QED) is 0.807. The zero-order valence-electron chi connectivity index (χ0n) is 10.2. The molecule has 1 aromatic rings. The fourth-order valence-corrected chi connectivity index (χ4v) is 2.38. The molecule has 4 heteroatoms. The van der Waals surface area contributed by atoms with E-state index in [1.54, 1.807) is 12.1 Å². The molecule has 0 saturated heterocycles. The van der Waals surface area contributed by atoms with Gasteiger partial charge < -0.3 is 4.74 Å². The van der Waals surface area contributed by atoms with Gasteiger partial charge in [-0.3, -0.25) is 4.79 Å². The number of carbonyl (C=O) groups excluding carboxylic acids is 1. The largest absolute Gasteiger partial charge is 0.494 e. The Morgan fingerprint density at radius 2 is 2.06 bits per heavy atom. The first-order valence-corrected chi connectivity index (χ1v) is 5.88. The van der Waals surface area contributed by atoms with Gasteiger partial charge in [-0.15, -0.1) is 0 Å². The lowest BCUT2D eigenvalue weighted by atomic mass is 9.70. The van der Waals surface area contributed by atoms with Crippen LogP contribution in [0.3, 0.4) is 0 Å². The fraction of sp³-hybridized carbons (Fsp3) is 0.429. The van der Waals surface area contributed by atoms with E-state index < -0.39 is 11.2 Å². The molecule has 0 radical (unpaired) electrons. The molecule has 0 amide bonds. The number of hydrogen-bond donors (Lipinski definition) is 0. The predicted octanol–water partition coefficient (Wildman–Crippen LogP) is 2.74. The third-order valence-electron chi connectivity index (χ3n) is 3.58. The Morgan fingerprint density at radius 3 is 2.61 bits per heavy atom. The highest BCUT2D eigenvalue weighted by atomic mass is 19.1. The second kappa shape index (κ2) is 4.77.